The van der Waals surface area contributed by atoms with Gasteiger partial charge in [-0.05, 0) is 13.0 Å². The Balaban J connectivity index is 2.00. The van der Waals surface area contributed by atoms with E-state index in [1.54, 1.807) is 18.6 Å². The van der Waals surface area contributed by atoms with Crippen molar-refractivity contribution in [3.63, 3.8) is 0 Å². The average molecular weight is 266 g/mol. The van der Waals surface area contributed by atoms with Crippen LogP contribution in [0.15, 0.2) is 23.0 Å². The molecular formula is C11H14N4O2S. The molecule has 6 nitrogen and oxygen atoms in total. The van der Waals surface area contributed by atoms with Gasteiger partial charge in [-0.1, -0.05) is 11.3 Å². The van der Waals surface area contributed by atoms with Crippen molar-refractivity contribution in [1.29, 1.82) is 0 Å². The lowest BCUT2D eigenvalue weighted by molar-refractivity contribution is 0.0955. The van der Waals surface area contributed by atoms with Crippen LogP contribution in [0.3, 0.4) is 0 Å². The normalized spacial score (nSPS) is 10.3. The highest BCUT2D eigenvalue weighted by molar-refractivity contribution is 7.18. The second-order valence-corrected chi connectivity index (χ2v) is 4.58. The van der Waals surface area contributed by atoms with Crippen LogP contribution in [0.4, 0.5) is 10.9 Å². The van der Waals surface area contributed by atoms with Gasteiger partial charge >= 0.3 is 0 Å². The molecule has 2 aromatic rings. The van der Waals surface area contributed by atoms with Crippen molar-refractivity contribution in [3.05, 3.63) is 29.0 Å². The first-order chi connectivity index (χ1) is 8.70. The van der Waals surface area contributed by atoms with Gasteiger partial charge in [-0.15, -0.1) is 0 Å². The van der Waals surface area contributed by atoms with Crippen LogP contribution in [-0.4, -0.2) is 17.4 Å². The van der Waals surface area contributed by atoms with E-state index in [0.29, 0.717) is 16.6 Å². The lowest BCUT2D eigenvalue weighted by Gasteiger charge is -2.01. The number of aromatic nitrogens is 1. The monoisotopic (exact) mass is 266 g/mol. The maximum absolute atomic E-state index is 11.9. The van der Waals surface area contributed by atoms with Gasteiger partial charge in [-0.3, -0.25) is 4.79 Å². The number of hydrogen-bond acceptors (Lipinski definition) is 6. The largest absolute Gasteiger partial charge is 0.472 e. The Morgan fingerprint density at radius 2 is 2.44 bits per heavy atom. The molecule has 18 heavy (non-hydrogen) atoms. The van der Waals surface area contributed by atoms with Gasteiger partial charge in [0.05, 0.1) is 12.5 Å². The van der Waals surface area contributed by atoms with E-state index < -0.39 is 0 Å². The topological polar surface area (TPSA) is 93.2 Å². The van der Waals surface area contributed by atoms with Crippen LogP contribution in [0.25, 0.3) is 0 Å². The molecule has 0 saturated carbocycles. The number of rotatable bonds is 5. The van der Waals surface area contributed by atoms with Gasteiger partial charge in [-0.25, -0.2) is 4.98 Å². The van der Waals surface area contributed by atoms with Gasteiger partial charge in [-0.2, -0.15) is 0 Å². The molecule has 0 spiro atoms. The summed E-state index contributed by atoms with van der Waals surface area (Å²) in [5, 5.41) is 6.44. The van der Waals surface area contributed by atoms with E-state index in [9.17, 15) is 4.79 Å². The van der Waals surface area contributed by atoms with E-state index in [-0.39, 0.29) is 11.7 Å². The van der Waals surface area contributed by atoms with Crippen molar-refractivity contribution in [2.45, 2.75) is 13.5 Å². The second-order valence-electron chi connectivity index (χ2n) is 3.58. The Morgan fingerprint density at radius 3 is 3.11 bits per heavy atom. The van der Waals surface area contributed by atoms with Crippen LogP contribution in [0, 0.1) is 0 Å². The minimum Gasteiger partial charge on any atom is -0.472 e. The Morgan fingerprint density at radius 1 is 1.61 bits per heavy atom. The van der Waals surface area contributed by atoms with Gasteiger partial charge in [0.1, 0.15) is 10.7 Å². The lowest BCUT2D eigenvalue weighted by Crippen LogP contribution is -2.22. The van der Waals surface area contributed by atoms with Crippen LogP contribution < -0.4 is 16.4 Å². The highest BCUT2D eigenvalue weighted by Crippen LogP contribution is 2.24. The summed E-state index contributed by atoms with van der Waals surface area (Å²) in [6.45, 7) is 3.10. The van der Waals surface area contributed by atoms with Crippen molar-refractivity contribution in [1.82, 2.24) is 10.3 Å². The van der Waals surface area contributed by atoms with Gasteiger partial charge in [0.15, 0.2) is 5.13 Å². The van der Waals surface area contributed by atoms with Crippen LogP contribution >= 0.6 is 11.3 Å². The van der Waals surface area contributed by atoms with E-state index >= 15 is 0 Å². The zero-order chi connectivity index (χ0) is 13.0. The van der Waals surface area contributed by atoms with E-state index in [2.05, 4.69) is 15.6 Å². The fraction of sp³-hybridized carbons (Fsp3) is 0.273. The number of anilines is 2. The summed E-state index contributed by atoms with van der Waals surface area (Å²) >= 11 is 1.25. The van der Waals surface area contributed by atoms with Gasteiger partial charge in [0, 0.05) is 18.7 Å². The molecule has 0 aromatic carbocycles. The molecule has 2 aromatic heterocycles. The molecule has 0 aliphatic rings. The lowest BCUT2D eigenvalue weighted by atomic mass is 10.3. The van der Waals surface area contributed by atoms with Crippen molar-refractivity contribution in [3.8, 4) is 0 Å². The minimum absolute atomic E-state index is 0.227. The summed E-state index contributed by atoms with van der Waals surface area (Å²) in [6.07, 6.45) is 3.15. The molecule has 0 unspecified atom stereocenters. The van der Waals surface area contributed by atoms with Crippen molar-refractivity contribution >= 4 is 28.2 Å². The number of carbonyl (C=O) groups is 1. The molecule has 96 valence electrons. The Kier molecular flexibility index (Phi) is 3.83. The quantitative estimate of drug-likeness (QED) is 0.765. The SMILES string of the molecule is CCNc1nc(N)c(C(=O)NCc2ccoc2)s1. The minimum atomic E-state index is -0.227. The maximum atomic E-state index is 11.9. The Labute approximate surface area is 108 Å². The number of amides is 1. The molecule has 0 saturated heterocycles. The first kappa shape index (κ1) is 12.4. The van der Waals surface area contributed by atoms with Crippen molar-refractivity contribution < 1.29 is 9.21 Å². The van der Waals surface area contributed by atoms with Gasteiger partial charge < -0.3 is 20.8 Å². The number of hydrogen-bond donors (Lipinski definition) is 3. The molecule has 2 rings (SSSR count). The predicted molar refractivity (Wildman–Crippen MR) is 70.6 cm³/mol. The summed E-state index contributed by atoms with van der Waals surface area (Å²) in [5.41, 5.74) is 6.60. The first-order valence-corrected chi connectivity index (χ1v) is 6.31. The number of thiazole rings is 1. The highest BCUT2D eigenvalue weighted by Gasteiger charge is 2.15. The molecular weight excluding hydrogens is 252 g/mol. The summed E-state index contributed by atoms with van der Waals surface area (Å²) in [5.74, 6) is 0.0241. The molecule has 0 aliphatic carbocycles. The third-order valence-electron chi connectivity index (χ3n) is 2.22. The third-order valence-corrected chi connectivity index (χ3v) is 3.25. The summed E-state index contributed by atoms with van der Waals surface area (Å²) in [6, 6.07) is 1.79. The predicted octanol–water partition coefficient (Wildman–Crippen LogP) is 1.68. The number of carbonyl (C=O) groups excluding carboxylic acids is 1. The van der Waals surface area contributed by atoms with Gasteiger partial charge in [0.2, 0.25) is 0 Å². The zero-order valence-electron chi connectivity index (χ0n) is 9.90. The fourth-order valence-corrected chi connectivity index (χ4v) is 2.25. The van der Waals surface area contributed by atoms with Crippen molar-refractivity contribution in [2.24, 2.45) is 0 Å². The number of furan rings is 1. The molecule has 0 aliphatic heterocycles. The van der Waals surface area contributed by atoms with Crippen molar-refractivity contribution in [2.75, 3.05) is 17.6 Å². The van der Waals surface area contributed by atoms with E-state index in [4.69, 9.17) is 10.2 Å². The third kappa shape index (κ3) is 2.80. The number of nitrogens with one attached hydrogen (secondary N) is 2. The molecule has 0 radical (unpaired) electrons. The molecule has 0 atom stereocenters. The summed E-state index contributed by atoms with van der Waals surface area (Å²) < 4.78 is 4.92. The van der Waals surface area contributed by atoms with Gasteiger partial charge in [0.25, 0.3) is 5.91 Å². The fourth-order valence-electron chi connectivity index (χ4n) is 1.38. The van der Waals surface area contributed by atoms with Crippen LogP contribution in [-0.2, 0) is 6.54 Å². The molecule has 7 heteroatoms. The number of nitrogens with two attached hydrogens (primary N) is 1. The maximum Gasteiger partial charge on any atom is 0.265 e. The smallest absolute Gasteiger partial charge is 0.265 e. The van der Waals surface area contributed by atoms with Crippen LogP contribution in [0.1, 0.15) is 22.2 Å². The Hall–Kier alpha value is -2.02. The van der Waals surface area contributed by atoms with E-state index in [0.717, 1.165) is 12.1 Å². The van der Waals surface area contributed by atoms with Crippen LogP contribution in [0.2, 0.25) is 0 Å². The molecule has 1 amide bonds. The average Bonchev–Trinajstić information content (AvgIpc) is 2.96. The molecule has 0 bridgehead atoms. The van der Waals surface area contributed by atoms with E-state index in [1.807, 2.05) is 6.92 Å². The number of nitrogens with zero attached hydrogens (tertiary/aromatic N) is 1. The number of nitrogen functional groups attached to an aromatic ring is 1. The first-order valence-electron chi connectivity index (χ1n) is 5.50. The zero-order valence-corrected chi connectivity index (χ0v) is 10.7. The Bertz CT molecular complexity index is 521. The highest BCUT2D eigenvalue weighted by atomic mass is 32.1. The summed E-state index contributed by atoms with van der Waals surface area (Å²) in [4.78, 5) is 16.4. The molecule has 4 N–H and O–H groups in total. The molecule has 2 heterocycles. The molecule has 0 fully saturated rings. The van der Waals surface area contributed by atoms with E-state index in [1.165, 1.54) is 11.3 Å². The summed E-state index contributed by atoms with van der Waals surface area (Å²) in [7, 11) is 0. The second kappa shape index (κ2) is 5.54. The standard InChI is InChI=1S/C11H14N4O2S/c1-2-13-11-15-9(12)8(18-11)10(16)14-5-7-3-4-17-6-7/h3-4,6H,2,5,12H2,1H3,(H,13,15)(H,14,16). The van der Waals surface area contributed by atoms with Crippen LogP contribution in [0.5, 0.6) is 0 Å².